The summed E-state index contributed by atoms with van der Waals surface area (Å²) in [5.41, 5.74) is 3.74. The van der Waals surface area contributed by atoms with Gasteiger partial charge in [0.1, 0.15) is 0 Å². The minimum atomic E-state index is -3.56. The first-order chi connectivity index (χ1) is 15.3. The summed E-state index contributed by atoms with van der Waals surface area (Å²) in [5, 5.41) is 0.543. The summed E-state index contributed by atoms with van der Waals surface area (Å²) in [4.78, 5) is 24.1. The molecule has 0 aliphatic carbocycles. The number of anilines is 1. The second-order valence-corrected chi connectivity index (χ2v) is 10.7. The standard InChI is InChI=1S/C24H23N3O3S2/c1-17-14-18(2)23-21(15-17)26-24(31-23)27(16-19-8-6-7-12-25-19)22(28)11-13-32(29,30)20-9-4-3-5-10-20/h3-10,12,14-15H,11,13,16H2,1-2H3. The molecule has 0 radical (unpaired) electrons. The fourth-order valence-electron chi connectivity index (χ4n) is 3.50. The molecule has 2 heterocycles. The van der Waals surface area contributed by atoms with E-state index in [4.69, 9.17) is 4.98 Å². The third kappa shape index (κ3) is 4.87. The number of rotatable bonds is 7. The van der Waals surface area contributed by atoms with Crippen LogP contribution in [0.25, 0.3) is 10.2 Å². The van der Waals surface area contributed by atoms with Gasteiger partial charge in [0.2, 0.25) is 5.91 Å². The third-order valence-corrected chi connectivity index (χ3v) is 8.04. The fourth-order valence-corrected chi connectivity index (χ4v) is 5.78. The highest BCUT2D eigenvalue weighted by Crippen LogP contribution is 2.33. The minimum Gasteiger partial charge on any atom is -0.282 e. The van der Waals surface area contributed by atoms with Gasteiger partial charge in [-0.15, -0.1) is 0 Å². The van der Waals surface area contributed by atoms with Crippen LogP contribution in [0.4, 0.5) is 5.13 Å². The Morgan fingerprint density at radius 3 is 2.50 bits per heavy atom. The van der Waals surface area contributed by atoms with E-state index in [-0.39, 0.29) is 29.5 Å². The lowest BCUT2D eigenvalue weighted by molar-refractivity contribution is -0.118. The van der Waals surface area contributed by atoms with E-state index in [2.05, 4.69) is 11.1 Å². The highest BCUT2D eigenvalue weighted by Gasteiger charge is 2.24. The fraction of sp³-hybridized carbons (Fsp3) is 0.208. The molecule has 0 fully saturated rings. The number of hydrogen-bond donors (Lipinski definition) is 0. The van der Waals surface area contributed by atoms with E-state index in [0.717, 1.165) is 21.3 Å². The van der Waals surface area contributed by atoms with Gasteiger partial charge < -0.3 is 0 Å². The predicted molar refractivity (Wildman–Crippen MR) is 128 cm³/mol. The molecule has 4 rings (SSSR count). The van der Waals surface area contributed by atoms with Crippen molar-refractivity contribution in [1.29, 1.82) is 0 Å². The number of nitrogens with zero attached hydrogens (tertiary/aromatic N) is 3. The molecule has 0 unspecified atom stereocenters. The van der Waals surface area contributed by atoms with Crippen LogP contribution < -0.4 is 4.90 Å². The minimum absolute atomic E-state index is 0.141. The molecule has 4 aromatic rings. The first-order valence-corrected chi connectivity index (χ1v) is 12.7. The summed E-state index contributed by atoms with van der Waals surface area (Å²) in [7, 11) is -3.56. The van der Waals surface area contributed by atoms with Gasteiger partial charge in [-0.25, -0.2) is 13.4 Å². The zero-order valence-electron chi connectivity index (χ0n) is 17.9. The van der Waals surface area contributed by atoms with Crippen LogP contribution in [0.1, 0.15) is 23.2 Å². The summed E-state index contributed by atoms with van der Waals surface area (Å²) in [5.74, 6) is -0.569. The van der Waals surface area contributed by atoms with E-state index < -0.39 is 9.84 Å². The first kappa shape index (κ1) is 22.1. The number of benzene rings is 2. The maximum Gasteiger partial charge on any atom is 0.230 e. The molecule has 0 N–H and O–H groups in total. The van der Waals surface area contributed by atoms with Crippen LogP contribution in [0.3, 0.4) is 0 Å². The van der Waals surface area contributed by atoms with Crippen LogP contribution in [-0.4, -0.2) is 30.0 Å². The Balaban J connectivity index is 1.64. The second-order valence-electron chi connectivity index (χ2n) is 7.61. The summed E-state index contributed by atoms with van der Waals surface area (Å²) in [6, 6.07) is 17.8. The van der Waals surface area contributed by atoms with E-state index in [1.165, 1.54) is 11.3 Å². The number of hydrogen-bond acceptors (Lipinski definition) is 6. The number of pyridine rings is 1. The lowest BCUT2D eigenvalue weighted by Gasteiger charge is -2.19. The van der Waals surface area contributed by atoms with Crippen molar-refractivity contribution in [3.63, 3.8) is 0 Å². The second kappa shape index (κ2) is 9.18. The van der Waals surface area contributed by atoms with Gasteiger partial charge in [-0.05, 0) is 55.3 Å². The van der Waals surface area contributed by atoms with Gasteiger partial charge in [0.15, 0.2) is 15.0 Å². The highest BCUT2D eigenvalue weighted by molar-refractivity contribution is 7.91. The van der Waals surface area contributed by atoms with Gasteiger partial charge in [0, 0.05) is 12.6 Å². The number of sulfone groups is 1. The predicted octanol–water partition coefficient (Wildman–Crippen LogP) is 4.71. The number of thiazole rings is 1. The van der Waals surface area contributed by atoms with Crippen LogP contribution in [-0.2, 0) is 21.2 Å². The number of aryl methyl sites for hydroxylation is 2. The van der Waals surface area contributed by atoms with Crippen LogP contribution in [0.2, 0.25) is 0 Å². The van der Waals surface area contributed by atoms with Gasteiger partial charge in [-0.1, -0.05) is 41.7 Å². The summed E-state index contributed by atoms with van der Waals surface area (Å²) < 4.78 is 26.4. The number of carbonyl (C=O) groups is 1. The monoisotopic (exact) mass is 465 g/mol. The van der Waals surface area contributed by atoms with Crippen LogP contribution in [0, 0.1) is 13.8 Å². The molecule has 2 aromatic carbocycles. The Kier molecular flexibility index (Phi) is 6.34. The van der Waals surface area contributed by atoms with Gasteiger partial charge >= 0.3 is 0 Å². The number of amides is 1. The zero-order valence-corrected chi connectivity index (χ0v) is 19.5. The average molecular weight is 466 g/mol. The van der Waals surface area contributed by atoms with E-state index >= 15 is 0 Å². The number of fused-ring (bicyclic) bond motifs is 1. The molecule has 8 heteroatoms. The van der Waals surface area contributed by atoms with Crippen molar-refractivity contribution in [3.8, 4) is 0 Å². The molecule has 0 aliphatic heterocycles. The van der Waals surface area contributed by atoms with Crippen LogP contribution >= 0.6 is 11.3 Å². The van der Waals surface area contributed by atoms with Crippen LogP contribution in [0.15, 0.2) is 71.8 Å². The molecule has 32 heavy (non-hydrogen) atoms. The normalized spacial score (nSPS) is 11.6. The Morgan fingerprint density at radius 1 is 1.03 bits per heavy atom. The Bertz CT molecular complexity index is 1350. The van der Waals surface area contributed by atoms with Crippen molar-refractivity contribution in [2.75, 3.05) is 10.7 Å². The molecule has 0 spiro atoms. The lowest BCUT2D eigenvalue weighted by atomic mass is 10.1. The van der Waals surface area contributed by atoms with Gasteiger partial charge in [-0.3, -0.25) is 14.7 Å². The van der Waals surface area contributed by atoms with Crippen molar-refractivity contribution >= 4 is 42.4 Å². The smallest absolute Gasteiger partial charge is 0.230 e. The van der Waals surface area contributed by atoms with E-state index in [0.29, 0.717) is 10.8 Å². The first-order valence-electron chi connectivity index (χ1n) is 10.2. The van der Waals surface area contributed by atoms with Crippen molar-refractivity contribution in [1.82, 2.24) is 9.97 Å². The van der Waals surface area contributed by atoms with Crippen molar-refractivity contribution in [3.05, 3.63) is 83.7 Å². The summed E-state index contributed by atoms with van der Waals surface area (Å²) in [6.45, 7) is 4.26. The Labute approximate surface area is 191 Å². The third-order valence-electron chi connectivity index (χ3n) is 5.07. The Morgan fingerprint density at radius 2 is 1.78 bits per heavy atom. The molecular formula is C24H23N3O3S2. The molecular weight excluding hydrogens is 442 g/mol. The van der Waals surface area contributed by atoms with Crippen molar-refractivity contribution in [2.24, 2.45) is 0 Å². The molecule has 0 saturated carbocycles. The van der Waals surface area contributed by atoms with Gasteiger partial charge in [0.05, 0.1) is 33.1 Å². The molecule has 0 atom stereocenters. The largest absolute Gasteiger partial charge is 0.282 e. The van der Waals surface area contributed by atoms with Crippen LogP contribution in [0.5, 0.6) is 0 Å². The SMILES string of the molecule is Cc1cc(C)c2sc(N(Cc3ccccn3)C(=O)CCS(=O)(=O)c3ccccc3)nc2c1. The zero-order chi connectivity index (χ0) is 22.7. The number of aromatic nitrogens is 2. The van der Waals surface area contributed by atoms with Gasteiger partial charge in [0.25, 0.3) is 0 Å². The molecule has 0 bridgehead atoms. The summed E-state index contributed by atoms with van der Waals surface area (Å²) >= 11 is 1.43. The summed E-state index contributed by atoms with van der Waals surface area (Å²) in [6.07, 6.45) is 1.53. The Hall–Kier alpha value is -3.10. The molecule has 1 amide bonds. The molecule has 6 nitrogen and oxygen atoms in total. The van der Waals surface area contributed by atoms with Crippen molar-refractivity contribution in [2.45, 2.75) is 31.7 Å². The highest BCUT2D eigenvalue weighted by atomic mass is 32.2. The average Bonchev–Trinajstić information content (AvgIpc) is 3.21. The van der Waals surface area contributed by atoms with E-state index in [1.807, 2.05) is 38.1 Å². The number of carbonyl (C=O) groups excluding carboxylic acids is 1. The lowest BCUT2D eigenvalue weighted by Crippen LogP contribution is -2.32. The maximum absolute atomic E-state index is 13.3. The maximum atomic E-state index is 13.3. The molecule has 0 saturated heterocycles. The topological polar surface area (TPSA) is 80.2 Å². The van der Waals surface area contributed by atoms with E-state index in [1.54, 1.807) is 41.4 Å². The quantitative estimate of drug-likeness (QED) is 0.395. The molecule has 0 aliphatic rings. The van der Waals surface area contributed by atoms with Gasteiger partial charge in [-0.2, -0.15) is 0 Å². The van der Waals surface area contributed by atoms with Crippen molar-refractivity contribution < 1.29 is 13.2 Å². The molecule has 164 valence electrons. The molecule has 2 aromatic heterocycles. The van der Waals surface area contributed by atoms with E-state index in [9.17, 15) is 13.2 Å².